The number of sulfone groups is 1. The first-order valence-electron chi connectivity index (χ1n) is 4.83. The van der Waals surface area contributed by atoms with Gasteiger partial charge in [-0.25, -0.2) is 13.4 Å². The zero-order valence-corrected chi connectivity index (χ0v) is 10.8. The molecular formula is C10H11N3O2S2. The van der Waals surface area contributed by atoms with Crippen LogP contribution in [-0.2, 0) is 16.4 Å². The van der Waals surface area contributed by atoms with Gasteiger partial charge in [0.1, 0.15) is 10.7 Å². The van der Waals surface area contributed by atoms with Crippen molar-refractivity contribution < 1.29 is 8.42 Å². The molecule has 0 fully saturated rings. The van der Waals surface area contributed by atoms with Crippen LogP contribution in [0.4, 0.5) is 5.82 Å². The molecule has 0 saturated heterocycles. The lowest BCUT2D eigenvalue weighted by Crippen LogP contribution is -2.07. The van der Waals surface area contributed by atoms with Crippen LogP contribution in [0, 0.1) is 0 Å². The van der Waals surface area contributed by atoms with Crippen LogP contribution in [0.15, 0.2) is 34.9 Å². The molecule has 0 spiro atoms. The highest BCUT2D eigenvalue weighted by Gasteiger charge is 2.13. The van der Waals surface area contributed by atoms with Crippen molar-refractivity contribution >= 4 is 27.0 Å². The van der Waals surface area contributed by atoms with Gasteiger partial charge < -0.3 is 5.32 Å². The summed E-state index contributed by atoms with van der Waals surface area (Å²) in [6.07, 6.45) is 4.46. The summed E-state index contributed by atoms with van der Waals surface area (Å²) in [6.45, 7) is 0.518. The third-order valence-electron chi connectivity index (χ3n) is 2.08. The Morgan fingerprint density at radius 2 is 2.29 bits per heavy atom. The molecule has 0 bridgehead atoms. The fourth-order valence-corrected chi connectivity index (χ4v) is 2.66. The summed E-state index contributed by atoms with van der Waals surface area (Å²) in [7, 11) is -3.26. The van der Waals surface area contributed by atoms with Crippen molar-refractivity contribution in [1.82, 2.24) is 9.97 Å². The fourth-order valence-electron chi connectivity index (χ4n) is 1.32. The largest absolute Gasteiger partial charge is 0.364 e. The predicted molar refractivity (Wildman–Crippen MR) is 66.8 cm³/mol. The molecule has 2 aromatic rings. The van der Waals surface area contributed by atoms with Gasteiger partial charge in [0.05, 0.1) is 12.1 Å². The van der Waals surface area contributed by atoms with E-state index < -0.39 is 9.84 Å². The van der Waals surface area contributed by atoms with Gasteiger partial charge in [-0.3, -0.25) is 4.98 Å². The lowest BCUT2D eigenvalue weighted by Gasteiger charge is -2.07. The van der Waals surface area contributed by atoms with Crippen LogP contribution < -0.4 is 5.32 Å². The molecule has 0 aliphatic heterocycles. The molecule has 90 valence electrons. The average Bonchev–Trinajstić information content (AvgIpc) is 2.78. The number of hydrogen-bond acceptors (Lipinski definition) is 6. The molecule has 0 unspecified atom stereocenters. The lowest BCUT2D eigenvalue weighted by atomic mass is 10.4. The lowest BCUT2D eigenvalue weighted by molar-refractivity contribution is 0.602. The Labute approximate surface area is 103 Å². The molecule has 17 heavy (non-hydrogen) atoms. The number of pyridine rings is 1. The fraction of sp³-hybridized carbons (Fsp3) is 0.200. The monoisotopic (exact) mass is 269 g/mol. The van der Waals surface area contributed by atoms with Crippen molar-refractivity contribution in [3.63, 3.8) is 0 Å². The van der Waals surface area contributed by atoms with Crippen LogP contribution in [0.1, 0.15) is 4.88 Å². The molecule has 5 nitrogen and oxygen atoms in total. The minimum absolute atomic E-state index is 0.213. The van der Waals surface area contributed by atoms with E-state index >= 15 is 0 Å². The summed E-state index contributed by atoms with van der Waals surface area (Å²) in [4.78, 5) is 9.22. The van der Waals surface area contributed by atoms with Crippen molar-refractivity contribution in [2.24, 2.45) is 0 Å². The molecule has 0 atom stereocenters. The first-order valence-corrected chi connectivity index (χ1v) is 7.61. The zero-order chi connectivity index (χ0) is 12.3. The zero-order valence-electron chi connectivity index (χ0n) is 9.12. The molecule has 0 saturated carbocycles. The molecule has 0 aliphatic rings. The minimum Gasteiger partial charge on any atom is -0.364 e. The quantitative estimate of drug-likeness (QED) is 0.911. The van der Waals surface area contributed by atoms with E-state index in [4.69, 9.17) is 0 Å². The van der Waals surface area contributed by atoms with E-state index in [-0.39, 0.29) is 4.90 Å². The Morgan fingerprint density at radius 1 is 1.47 bits per heavy atom. The van der Waals surface area contributed by atoms with Crippen molar-refractivity contribution in [2.45, 2.75) is 11.4 Å². The van der Waals surface area contributed by atoms with Gasteiger partial charge in [0.25, 0.3) is 0 Å². The normalized spacial score (nSPS) is 11.4. The maximum atomic E-state index is 11.5. The summed E-state index contributed by atoms with van der Waals surface area (Å²) in [5, 5.41) is 3.00. The summed E-state index contributed by atoms with van der Waals surface area (Å²) in [5.41, 5.74) is 1.73. The van der Waals surface area contributed by atoms with Crippen LogP contribution in [0.2, 0.25) is 0 Å². The van der Waals surface area contributed by atoms with Gasteiger partial charge in [-0.2, -0.15) is 0 Å². The van der Waals surface area contributed by atoms with E-state index in [1.54, 1.807) is 24.0 Å². The Bertz CT molecular complexity index is 594. The van der Waals surface area contributed by atoms with E-state index in [1.165, 1.54) is 23.7 Å². The maximum absolute atomic E-state index is 11.5. The van der Waals surface area contributed by atoms with E-state index in [2.05, 4.69) is 15.3 Å². The topological polar surface area (TPSA) is 72.0 Å². The molecule has 0 aliphatic carbocycles. The van der Waals surface area contributed by atoms with Crippen LogP contribution in [0.5, 0.6) is 0 Å². The Morgan fingerprint density at radius 3 is 2.94 bits per heavy atom. The SMILES string of the molecule is CS(=O)(=O)c1cccnc1NCc1cncs1. The number of rotatable bonds is 4. The van der Waals surface area contributed by atoms with Gasteiger partial charge in [-0.05, 0) is 12.1 Å². The second-order valence-electron chi connectivity index (χ2n) is 3.44. The molecule has 0 aromatic carbocycles. The van der Waals surface area contributed by atoms with Gasteiger partial charge in [0.2, 0.25) is 0 Å². The van der Waals surface area contributed by atoms with Gasteiger partial charge in [-0.15, -0.1) is 11.3 Å². The number of nitrogens with zero attached hydrogens (tertiary/aromatic N) is 2. The van der Waals surface area contributed by atoms with Gasteiger partial charge in [0.15, 0.2) is 9.84 Å². The summed E-state index contributed by atoms with van der Waals surface area (Å²) in [5.74, 6) is 0.378. The van der Waals surface area contributed by atoms with Gasteiger partial charge in [-0.1, -0.05) is 0 Å². The van der Waals surface area contributed by atoms with E-state index in [0.29, 0.717) is 12.4 Å². The van der Waals surface area contributed by atoms with Crippen molar-refractivity contribution in [3.8, 4) is 0 Å². The maximum Gasteiger partial charge on any atom is 0.179 e. The second kappa shape index (κ2) is 4.80. The van der Waals surface area contributed by atoms with Gasteiger partial charge >= 0.3 is 0 Å². The third-order valence-corrected chi connectivity index (χ3v) is 3.99. The van der Waals surface area contributed by atoms with E-state index in [0.717, 1.165) is 4.88 Å². The molecule has 7 heteroatoms. The Kier molecular flexibility index (Phi) is 3.39. The molecule has 1 N–H and O–H groups in total. The molecule has 0 radical (unpaired) electrons. The smallest absolute Gasteiger partial charge is 0.179 e. The summed E-state index contributed by atoms with van der Waals surface area (Å²) in [6, 6.07) is 3.14. The van der Waals surface area contributed by atoms with Crippen LogP contribution in [0.3, 0.4) is 0 Å². The summed E-state index contributed by atoms with van der Waals surface area (Å²) >= 11 is 1.50. The van der Waals surface area contributed by atoms with E-state index in [1.807, 2.05) is 0 Å². The number of nitrogens with one attached hydrogen (secondary N) is 1. The van der Waals surface area contributed by atoms with Crippen LogP contribution in [-0.4, -0.2) is 24.6 Å². The van der Waals surface area contributed by atoms with Crippen molar-refractivity contribution in [3.05, 3.63) is 34.9 Å². The summed E-state index contributed by atoms with van der Waals surface area (Å²) < 4.78 is 23.1. The minimum atomic E-state index is -3.26. The Balaban J connectivity index is 2.22. The van der Waals surface area contributed by atoms with Crippen molar-refractivity contribution in [2.75, 3.05) is 11.6 Å². The van der Waals surface area contributed by atoms with Crippen molar-refractivity contribution in [1.29, 1.82) is 0 Å². The molecule has 2 aromatic heterocycles. The number of aromatic nitrogens is 2. The Hall–Kier alpha value is -1.47. The highest BCUT2D eigenvalue weighted by atomic mass is 32.2. The first kappa shape index (κ1) is 12.0. The standard InChI is InChI=1S/C10H11N3O2S2/c1-17(14,15)9-3-2-4-12-10(9)13-6-8-5-11-7-16-8/h2-5,7H,6H2,1H3,(H,12,13). The molecule has 2 heterocycles. The van der Waals surface area contributed by atoms with E-state index in [9.17, 15) is 8.42 Å². The van der Waals surface area contributed by atoms with Crippen LogP contribution >= 0.6 is 11.3 Å². The first-order chi connectivity index (χ1) is 8.07. The number of hydrogen-bond donors (Lipinski definition) is 1. The third kappa shape index (κ3) is 3.01. The highest BCUT2D eigenvalue weighted by Crippen LogP contribution is 2.18. The van der Waals surface area contributed by atoms with Crippen LogP contribution in [0.25, 0.3) is 0 Å². The molecule has 0 amide bonds. The number of thiazole rings is 1. The molecule has 2 rings (SSSR count). The second-order valence-corrected chi connectivity index (χ2v) is 6.40. The average molecular weight is 269 g/mol. The van der Waals surface area contributed by atoms with Gasteiger partial charge in [0, 0.05) is 23.5 Å². The number of anilines is 1. The highest BCUT2D eigenvalue weighted by molar-refractivity contribution is 7.90. The predicted octanol–water partition coefficient (Wildman–Crippen LogP) is 1.55. The molecular weight excluding hydrogens is 258 g/mol.